The first-order valence-electron chi connectivity index (χ1n) is 9.61. The van der Waals surface area contributed by atoms with Gasteiger partial charge in [-0.1, -0.05) is 38.4 Å². The van der Waals surface area contributed by atoms with Gasteiger partial charge in [-0.05, 0) is 36.8 Å². The van der Waals surface area contributed by atoms with Crippen molar-refractivity contribution in [1.82, 2.24) is 20.0 Å². The fourth-order valence-electron chi connectivity index (χ4n) is 4.55. The molecular formula is C20H28N4O. The van der Waals surface area contributed by atoms with Crippen LogP contribution in [-0.2, 0) is 18.4 Å². The topological polar surface area (TPSA) is 55.1 Å². The van der Waals surface area contributed by atoms with Crippen LogP contribution in [0.15, 0.2) is 22.9 Å². The summed E-state index contributed by atoms with van der Waals surface area (Å²) in [4.78, 5) is 11.9. The van der Waals surface area contributed by atoms with Crippen LogP contribution in [-0.4, -0.2) is 33.1 Å². The van der Waals surface area contributed by atoms with E-state index >= 15 is 0 Å². The van der Waals surface area contributed by atoms with Crippen LogP contribution in [0.4, 0.5) is 0 Å². The zero-order valence-electron chi connectivity index (χ0n) is 15.5. The minimum absolute atomic E-state index is 0.0664. The first-order chi connectivity index (χ1) is 12.1. The molecule has 5 heteroatoms. The van der Waals surface area contributed by atoms with E-state index in [4.69, 9.17) is 9.51 Å². The number of hydrogen-bond donors (Lipinski definition) is 0. The molecule has 0 bridgehead atoms. The fourth-order valence-corrected chi connectivity index (χ4v) is 4.55. The molecule has 134 valence electrons. The summed E-state index contributed by atoms with van der Waals surface area (Å²) in [7, 11) is 0. The minimum Gasteiger partial charge on any atom is -0.339 e. The van der Waals surface area contributed by atoms with E-state index < -0.39 is 0 Å². The number of aromatic nitrogens is 3. The predicted molar refractivity (Wildman–Crippen MR) is 96.3 cm³/mol. The molecule has 2 aromatic heterocycles. The molecular weight excluding hydrogens is 312 g/mol. The van der Waals surface area contributed by atoms with Gasteiger partial charge < -0.3 is 4.52 Å². The van der Waals surface area contributed by atoms with Crippen molar-refractivity contribution in [1.29, 1.82) is 0 Å². The van der Waals surface area contributed by atoms with Gasteiger partial charge in [0.1, 0.15) is 0 Å². The molecule has 0 amide bonds. The van der Waals surface area contributed by atoms with Crippen molar-refractivity contribution in [2.24, 2.45) is 5.92 Å². The maximum atomic E-state index is 5.74. The Hall–Kier alpha value is -1.75. The van der Waals surface area contributed by atoms with Crippen LogP contribution in [0, 0.1) is 5.92 Å². The lowest BCUT2D eigenvalue weighted by atomic mass is 9.80. The lowest BCUT2D eigenvalue weighted by Gasteiger charge is -2.24. The second-order valence-electron chi connectivity index (χ2n) is 8.04. The number of rotatable bonds is 5. The predicted octanol–water partition coefficient (Wildman–Crippen LogP) is 3.70. The Morgan fingerprint density at radius 1 is 1.36 bits per heavy atom. The maximum Gasteiger partial charge on any atom is 0.234 e. The quantitative estimate of drug-likeness (QED) is 0.830. The van der Waals surface area contributed by atoms with Crippen molar-refractivity contribution in [2.45, 2.75) is 64.3 Å². The maximum absolute atomic E-state index is 5.74. The van der Waals surface area contributed by atoms with Crippen LogP contribution < -0.4 is 0 Å². The summed E-state index contributed by atoms with van der Waals surface area (Å²) >= 11 is 0. The molecule has 5 nitrogen and oxygen atoms in total. The van der Waals surface area contributed by atoms with E-state index in [1.54, 1.807) is 0 Å². The highest BCUT2D eigenvalue weighted by molar-refractivity contribution is 5.20. The van der Waals surface area contributed by atoms with Crippen LogP contribution in [0.5, 0.6) is 0 Å². The second kappa shape index (κ2) is 6.52. The smallest absolute Gasteiger partial charge is 0.234 e. The molecule has 2 aromatic rings. The molecule has 1 aliphatic heterocycles. The van der Waals surface area contributed by atoms with Crippen LogP contribution in [0.2, 0.25) is 0 Å². The Kier molecular flexibility index (Phi) is 4.36. The molecule has 0 radical (unpaired) electrons. The van der Waals surface area contributed by atoms with Crippen molar-refractivity contribution >= 4 is 0 Å². The van der Waals surface area contributed by atoms with Crippen molar-refractivity contribution in [3.05, 3.63) is 41.3 Å². The molecule has 2 fully saturated rings. The van der Waals surface area contributed by atoms with E-state index in [-0.39, 0.29) is 5.41 Å². The highest BCUT2D eigenvalue weighted by Crippen LogP contribution is 2.50. The first-order valence-corrected chi connectivity index (χ1v) is 9.61. The van der Waals surface area contributed by atoms with Gasteiger partial charge in [-0.3, -0.25) is 9.88 Å². The van der Waals surface area contributed by atoms with E-state index in [1.165, 1.54) is 24.8 Å². The monoisotopic (exact) mass is 340 g/mol. The van der Waals surface area contributed by atoms with Gasteiger partial charge in [0.2, 0.25) is 5.89 Å². The molecule has 3 heterocycles. The number of hydrogen-bond acceptors (Lipinski definition) is 5. The Bertz CT molecular complexity index is 724. The van der Waals surface area contributed by atoms with E-state index in [2.05, 4.69) is 47.9 Å². The third-order valence-corrected chi connectivity index (χ3v) is 5.98. The van der Waals surface area contributed by atoms with Crippen molar-refractivity contribution < 1.29 is 4.52 Å². The van der Waals surface area contributed by atoms with Crippen LogP contribution >= 0.6 is 0 Å². The van der Waals surface area contributed by atoms with E-state index in [0.29, 0.717) is 11.8 Å². The van der Waals surface area contributed by atoms with Gasteiger partial charge in [0.15, 0.2) is 5.82 Å². The SMILES string of the molecule is CCc1ccc(CN2C[C@H]3CCC[C@@]3(c3nc(C(C)C)no3)C2)cn1. The average molecular weight is 340 g/mol. The molecule has 0 spiro atoms. The van der Waals surface area contributed by atoms with E-state index in [1.807, 2.05) is 6.20 Å². The molecule has 1 saturated carbocycles. The van der Waals surface area contributed by atoms with Crippen molar-refractivity contribution in [3.8, 4) is 0 Å². The van der Waals surface area contributed by atoms with Gasteiger partial charge in [-0.25, -0.2) is 0 Å². The summed E-state index contributed by atoms with van der Waals surface area (Å²) < 4.78 is 5.74. The van der Waals surface area contributed by atoms with Crippen LogP contribution in [0.3, 0.4) is 0 Å². The fraction of sp³-hybridized carbons (Fsp3) is 0.650. The lowest BCUT2D eigenvalue weighted by Crippen LogP contribution is -2.32. The van der Waals surface area contributed by atoms with Gasteiger partial charge >= 0.3 is 0 Å². The van der Waals surface area contributed by atoms with Crippen molar-refractivity contribution in [3.63, 3.8) is 0 Å². The van der Waals surface area contributed by atoms with Gasteiger partial charge in [-0.2, -0.15) is 4.98 Å². The van der Waals surface area contributed by atoms with Crippen LogP contribution in [0.1, 0.15) is 68.9 Å². The zero-order chi connectivity index (χ0) is 17.4. The number of nitrogens with zero attached hydrogens (tertiary/aromatic N) is 4. The van der Waals surface area contributed by atoms with E-state index in [0.717, 1.165) is 43.5 Å². The molecule has 4 rings (SSSR count). The Morgan fingerprint density at radius 2 is 2.24 bits per heavy atom. The highest BCUT2D eigenvalue weighted by atomic mass is 16.5. The summed E-state index contributed by atoms with van der Waals surface area (Å²) in [5.74, 6) is 2.67. The van der Waals surface area contributed by atoms with Crippen LogP contribution in [0.25, 0.3) is 0 Å². The molecule has 0 N–H and O–H groups in total. The van der Waals surface area contributed by atoms with Gasteiger partial charge in [0.25, 0.3) is 0 Å². The van der Waals surface area contributed by atoms with Gasteiger partial charge in [-0.15, -0.1) is 0 Å². The number of pyridine rings is 1. The van der Waals surface area contributed by atoms with Gasteiger partial charge in [0.05, 0.1) is 5.41 Å². The summed E-state index contributed by atoms with van der Waals surface area (Å²) in [5, 5.41) is 4.23. The standard InChI is InChI=1S/C20H28N4O/c1-4-17-8-7-15(10-21-17)11-24-12-16-6-5-9-20(16,13-24)19-22-18(14(2)3)23-25-19/h7-8,10,14,16H,4-6,9,11-13H2,1-3H3/t16-,20-/m1/s1. The molecule has 2 aliphatic rings. The third-order valence-electron chi connectivity index (χ3n) is 5.98. The largest absolute Gasteiger partial charge is 0.339 e. The molecule has 0 unspecified atom stereocenters. The number of fused-ring (bicyclic) bond motifs is 1. The summed E-state index contributed by atoms with van der Waals surface area (Å²) in [6.45, 7) is 9.48. The average Bonchev–Trinajstić information content (AvgIpc) is 3.29. The molecule has 1 saturated heterocycles. The summed E-state index contributed by atoms with van der Waals surface area (Å²) in [6.07, 6.45) is 6.72. The highest BCUT2D eigenvalue weighted by Gasteiger charge is 2.54. The zero-order valence-corrected chi connectivity index (χ0v) is 15.5. The molecule has 0 aromatic carbocycles. The Labute approximate surface area is 149 Å². The molecule has 25 heavy (non-hydrogen) atoms. The lowest BCUT2D eigenvalue weighted by molar-refractivity contribution is 0.244. The number of likely N-dealkylation sites (tertiary alicyclic amines) is 1. The van der Waals surface area contributed by atoms with Crippen molar-refractivity contribution in [2.75, 3.05) is 13.1 Å². The minimum atomic E-state index is 0.0664. The first kappa shape index (κ1) is 16.7. The summed E-state index contributed by atoms with van der Waals surface area (Å²) in [6, 6.07) is 4.37. The molecule has 1 aliphatic carbocycles. The summed E-state index contributed by atoms with van der Waals surface area (Å²) in [5.41, 5.74) is 2.52. The van der Waals surface area contributed by atoms with Gasteiger partial charge in [0, 0.05) is 37.4 Å². The number of aryl methyl sites for hydroxylation is 1. The normalized spacial score (nSPS) is 26.5. The Balaban J connectivity index is 1.52. The third kappa shape index (κ3) is 2.99. The molecule has 2 atom stereocenters. The second-order valence-corrected chi connectivity index (χ2v) is 8.04. The van der Waals surface area contributed by atoms with E-state index in [9.17, 15) is 0 Å². The Morgan fingerprint density at radius 3 is 2.92 bits per heavy atom.